The van der Waals surface area contributed by atoms with Crippen LogP contribution in [0.2, 0.25) is 0 Å². The van der Waals surface area contributed by atoms with Crippen LogP contribution in [-0.2, 0) is 20.9 Å². The topological polar surface area (TPSA) is 94.0 Å². The predicted molar refractivity (Wildman–Crippen MR) is 109 cm³/mol. The predicted octanol–water partition coefficient (Wildman–Crippen LogP) is 1.93. The summed E-state index contributed by atoms with van der Waals surface area (Å²) < 4.78 is 31.7. The molecule has 1 aromatic heterocycles. The second kappa shape index (κ2) is 10.3. The Morgan fingerprint density at radius 1 is 1.22 bits per heavy atom. The number of nitrogens with zero attached hydrogens (tertiary/aromatic N) is 4. The highest BCUT2D eigenvalue weighted by molar-refractivity contribution is 5.89. The Labute approximate surface area is 185 Å². The van der Waals surface area contributed by atoms with E-state index in [-0.39, 0.29) is 23.8 Å². The van der Waals surface area contributed by atoms with Crippen LogP contribution in [0.5, 0.6) is 0 Å². The number of carboxylic acids is 1. The lowest BCUT2D eigenvalue weighted by Crippen LogP contribution is -2.48. The van der Waals surface area contributed by atoms with Crippen molar-refractivity contribution in [2.75, 3.05) is 40.3 Å². The summed E-state index contributed by atoms with van der Waals surface area (Å²) in [6.45, 7) is 5.45. The number of rotatable bonds is 4. The van der Waals surface area contributed by atoms with Crippen molar-refractivity contribution in [2.24, 2.45) is 5.41 Å². The molecule has 0 aliphatic carbocycles. The van der Waals surface area contributed by atoms with Crippen molar-refractivity contribution < 1.29 is 32.7 Å². The van der Waals surface area contributed by atoms with Gasteiger partial charge in [-0.3, -0.25) is 19.5 Å². The van der Waals surface area contributed by atoms with Crippen LogP contribution in [0, 0.1) is 12.3 Å². The van der Waals surface area contributed by atoms with Crippen molar-refractivity contribution in [1.82, 2.24) is 19.7 Å². The van der Waals surface area contributed by atoms with Crippen molar-refractivity contribution in [1.29, 1.82) is 0 Å². The number of carbonyl (C=O) groups excluding carboxylic acids is 2. The molecule has 0 bridgehead atoms. The summed E-state index contributed by atoms with van der Waals surface area (Å²) in [7, 11) is 3.46. The molecule has 0 saturated carbocycles. The molecule has 1 atom stereocenters. The zero-order valence-corrected chi connectivity index (χ0v) is 18.5. The van der Waals surface area contributed by atoms with Gasteiger partial charge >= 0.3 is 12.1 Å². The fourth-order valence-electron chi connectivity index (χ4n) is 4.01. The van der Waals surface area contributed by atoms with Gasteiger partial charge in [-0.15, -0.1) is 0 Å². The lowest BCUT2D eigenvalue weighted by molar-refractivity contribution is -0.192. The van der Waals surface area contributed by atoms with Crippen molar-refractivity contribution in [2.45, 2.75) is 38.9 Å². The number of halogens is 3. The first kappa shape index (κ1) is 25.6. The third-order valence-electron chi connectivity index (χ3n) is 5.66. The van der Waals surface area contributed by atoms with Crippen molar-refractivity contribution >= 4 is 17.8 Å². The van der Waals surface area contributed by atoms with Gasteiger partial charge in [0, 0.05) is 39.4 Å². The number of likely N-dealkylation sites (N-methyl/N-ethyl adjacent to an activating group) is 1. The number of carboxylic acid groups (broad SMARTS) is 1. The molecule has 2 fully saturated rings. The molecule has 0 radical (unpaired) electrons. The highest BCUT2D eigenvalue weighted by Crippen LogP contribution is 2.40. The van der Waals surface area contributed by atoms with Gasteiger partial charge in [0.15, 0.2) is 0 Å². The number of carbonyl (C=O) groups is 3. The molecule has 11 heteroatoms. The largest absolute Gasteiger partial charge is 0.490 e. The Morgan fingerprint density at radius 2 is 1.88 bits per heavy atom. The van der Waals surface area contributed by atoms with E-state index in [9.17, 15) is 22.8 Å². The molecule has 2 amide bonds. The van der Waals surface area contributed by atoms with Gasteiger partial charge in [-0.1, -0.05) is 6.07 Å². The maximum Gasteiger partial charge on any atom is 0.490 e. The van der Waals surface area contributed by atoms with Crippen LogP contribution in [0.4, 0.5) is 13.2 Å². The molecule has 8 nitrogen and oxygen atoms in total. The summed E-state index contributed by atoms with van der Waals surface area (Å²) in [4.78, 5) is 44.1. The van der Waals surface area contributed by atoms with Crippen LogP contribution in [0.1, 0.15) is 30.7 Å². The molecule has 32 heavy (non-hydrogen) atoms. The molecule has 3 rings (SSSR count). The van der Waals surface area contributed by atoms with Crippen LogP contribution in [-0.4, -0.2) is 89.0 Å². The monoisotopic (exact) mass is 458 g/mol. The summed E-state index contributed by atoms with van der Waals surface area (Å²) in [6, 6.07) is 6.08. The molecule has 1 N–H and O–H groups in total. The summed E-state index contributed by atoms with van der Waals surface area (Å²) in [5, 5.41) is 7.12. The van der Waals surface area contributed by atoms with Crippen LogP contribution in [0.3, 0.4) is 0 Å². The van der Waals surface area contributed by atoms with E-state index in [1.54, 1.807) is 23.9 Å². The number of aromatic nitrogens is 1. The average molecular weight is 458 g/mol. The first-order valence-corrected chi connectivity index (χ1v) is 10.3. The number of amides is 2. The van der Waals surface area contributed by atoms with Crippen molar-refractivity contribution in [3.05, 3.63) is 29.6 Å². The van der Waals surface area contributed by atoms with E-state index in [0.717, 1.165) is 50.3 Å². The van der Waals surface area contributed by atoms with E-state index in [4.69, 9.17) is 9.90 Å². The first-order chi connectivity index (χ1) is 14.8. The Hall–Kier alpha value is -2.69. The summed E-state index contributed by atoms with van der Waals surface area (Å²) >= 11 is 0. The molecule has 1 aromatic rings. The van der Waals surface area contributed by atoms with Crippen molar-refractivity contribution in [3.8, 4) is 0 Å². The van der Waals surface area contributed by atoms with E-state index in [1.165, 1.54) is 0 Å². The molecule has 2 aliphatic heterocycles. The number of hydrogen-bond acceptors (Lipinski definition) is 5. The molecule has 2 saturated heterocycles. The second-order valence-corrected chi connectivity index (χ2v) is 8.43. The third-order valence-corrected chi connectivity index (χ3v) is 5.66. The van der Waals surface area contributed by atoms with Crippen LogP contribution >= 0.6 is 0 Å². The van der Waals surface area contributed by atoms with Crippen LogP contribution < -0.4 is 0 Å². The number of aryl methyl sites for hydroxylation is 1. The van der Waals surface area contributed by atoms with E-state index in [1.807, 2.05) is 25.1 Å². The maximum atomic E-state index is 13.0. The van der Waals surface area contributed by atoms with E-state index in [0.29, 0.717) is 6.54 Å². The molecule has 1 unspecified atom stereocenters. The van der Waals surface area contributed by atoms with Crippen molar-refractivity contribution in [3.63, 3.8) is 0 Å². The number of hydrogen-bond donors (Lipinski definition) is 1. The minimum absolute atomic E-state index is 0.0120. The van der Waals surface area contributed by atoms with Gasteiger partial charge in [0.1, 0.15) is 0 Å². The minimum Gasteiger partial charge on any atom is -0.475 e. The summed E-state index contributed by atoms with van der Waals surface area (Å²) in [6.07, 6.45) is -2.28. The van der Waals surface area contributed by atoms with Gasteiger partial charge in [0.2, 0.25) is 11.8 Å². The fourth-order valence-corrected chi connectivity index (χ4v) is 4.01. The summed E-state index contributed by atoms with van der Waals surface area (Å²) in [5.41, 5.74) is 1.77. The number of piperidine rings is 1. The minimum atomic E-state index is -5.08. The smallest absolute Gasteiger partial charge is 0.475 e. The normalized spacial score (nSPS) is 21.3. The van der Waals surface area contributed by atoms with Gasteiger partial charge in [0.25, 0.3) is 0 Å². The number of aliphatic carboxylic acids is 1. The maximum absolute atomic E-state index is 13.0. The molecular weight excluding hydrogens is 429 g/mol. The third kappa shape index (κ3) is 6.65. The summed E-state index contributed by atoms with van der Waals surface area (Å²) in [5.74, 6) is -2.61. The van der Waals surface area contributed by atoms with Gasteiger partial charge in [-0.2, -0.15) is 13.2 Å². The average Bonchev–Trinajstić information content (AvgIpc) is 2.97. The van der Waals surface area contributed by atoms with Gasteiger partial charge in [-0.05, 0) is 44.9 Å². The SMILES string of the molecule is Cc1cccc(CN2CCCC3(CCN(CC(=O)N(C)C)C3=O)C2)n1.O=C(O)C(F)(F)F. The van der Waals surface area contributed by atoms with Gasteiger partial charge in [-0.25, -0.2) is 4.79 Å². The van der Waals surface area contributed by atoms with Crippen LogP contribution in [0.25, 0.3) is 0 Å². The molecule has 0 aromatic carbocycles. The van der Waals surface area contributed by atoms with E-state index < -0.39 is 12.1 Å². The second-order valence-electron chi connectivity index (χ2n) is 8.43. The zero-order valence-electron chi connectivity index (χ0n) is 18.5. The number of likely N-dealkylation sites (tertiary alicyclic amines) is 2. The van der Waals surface area contributed by atoms with Crippen LogP contribution in [0.15, 0.2) is 18.2 Å². The molecule has 1 spiro atoms. The molecule has 178 valence electrons. The fraction of sp³-hybridized carbons (Fsp3) is 0.619. The lowest BCUT2D eigenvalue weighted by atomic mass is 9.78. The highest BCUT2D eigenvalue weighted by Gasteiger charge is 2.49. The quantitative estimate of drug-likeness (QED) is 0.741. The standard InChI is InChI=1S/C19H28N4O2.C2HF3O2/c1-15-6-4-7-16(20-15)12-22-10-5-8-19(14-22)9-11-23(18(19)25)13-17(24)21(2)3;3-2(4,5)1(6)7/h4,6-7H,5,8-14H2,1-3H3;(H,6,7). The number of alkyl halides is 3. The highest BCUT2D eigenvalue weighted by atomic mass is 19.4. The Morgan fingerprint density at radius 3 is 2.44 bits per heavy atom. The van der Waals surface area contributed by atoms with Gasteiger partial charge < -0.3 is 14.9 Å². The first-order valence-electron chi connectivity index (χ1n) is 10.3. The van der Waals surface area contributed by atoms with Gasteiger partial charge in [0.05, 0.1) is 17.7 Å². The molecule has 2 aliphatic rings. The Kier molecular flexibility index (Phi) is 8.22. The van der Waals surface area contributed by atoms with E-state index in [2.05, 4.69) is 9.88 Å². The lowest BCUT2D eigenvalue weighted by Gasteiger charge is -2.39. The molecule has 3 heterocycles. The van der Waals surface area contributed by atoms with E-state index >= 15 is 0 Å². The Bertz CT molecular complexity index is 847. The zero-order chi connectivity index (χ0) is 24.1. The molecular formula is C21H29F3N4O4. The Balaban J connectivity index is 0.000000451. The number of pyridine rings is 1.